The van der Waals surface area contributed by atoms with Crippen LogP contribution in [0.1, 0.15) is 6.92 Å². The second-order valence-electron chi connectivity index (χ2n) is 5.13. The van der Waals surface area contributed by atoms with Crippen LogP contribution >= 0.6 is 19.7 Å². The number of hydrogen-bond donors (Lipinski definition) is 1. The van der Waals surface area contributed by atoms with Crippen molar-refractivity contribution in [2.45, 2.75) is 6.92 Å². The van der Waals surface area contributed by atoms with Crippen LogP contribution in [0.15, 0.2) is 91.0 Å². The largest absolute Gasteiger partial charge is 0.344 e. The molecule has 0 radical (unpaired) electrons. The average molecular weight is 345 g/mol. The zero-order valence-corrected chi connectivity index (χ0v) is 15.1. The third-order valence-corrected chi connectivity index (χ3v) is 8.55. The molecule has 0 aliphatic rings. The second kappa shape index (κ2) is 8.84. The molecule has 3 rings (SSSR count). The molecule has 0 saturated carbocycles. The van der Waals surface area contributed by atoms with Crippen molar-refractivity contribution in [2.75, 3.05) is 6.16 Å². The van der Waals surface area contributed by atoms with E-state index in [1.165, 1.54) is 15.9 Å². The van der Waals surface area contributed by atoms with Gasteiger partial charge in [0.25, 0.3) is 0 Å². The van der Waals surface area contributed by atoms with E-state index in [1.54, 1.807) is 0 Å². The summed E-state index contributed by atoms with van der Waals surface area (Å²) >= 11 is 0. The van der Waals surface area contributed by atoms with Gasteiger partial charge in [-0.2, -0.15) is 0 Å². The number of benzene rings is 3. The van der Waals surface area contributed by atoms with Gasteiger partial charge in [0.05, 0.1) is 6.16 Å². The van der Waals surface area contributed by atoms with E-state index in [0.717, 1.165) is 6.16 Å². The summed E-state index contributed by atoms with van der Waals surface area (Å²) in [5, 5.41) is 4.39. The van der Waals surface area contributed by atoms with Crippen LogP contribution < -0.4 is 22.1 Å². The SMILES string of the molecule is CC[P+](c1ccccc1)(c1ccccc1)c1ccccc1.Cl.N. The van der Waals surface area contributed by atoms with Crippen molar-refractivity contribution in [3.05, 3.63) is 91.0 Å². The fraction of sp³-hybridized carbons (Fsp3) is 0.100. The van der Waals surface area contributed by atoms with Gasteiger partial charge in [-0.25, -0.2) is 0 Å². The molecule has 3 heteroatoms. The van der Waals surface area contributed by atoms with Crippen LogP contribution in [-0.2, 0) is 0 Å². The molecular weight excluding hydrogens is 321 g/mol. The van der Waals surface area contributed by atoms with E-state index >= 15 is 0 Å². The molecular formula is C20H24ClNP+. The maximum absolute atomic E-state index is 2.32. The van der Waals surface area contributed by atoms with E-state index in [0.29, 0.717) is 0 Å². The first-order chi connectivity index (χ1) is 10.4. The maximum Gasteiger partial charge on any atom is 0.111 e. The normalized spacial score (nSPS) is 10.3. The predicted octanol–water partition coefficient (Wildman–Crippen LogP) is 4.58. The lowest BCUT2D eigenvalue weighted by Gasteiger charge is -2.26. The van der Waals surface area contributed by atoms with E-state index in [-0.39, 0.29) is 18.6 Å². The van der Waals surface area contributed by atoms with Crippen LogP contribution in [-0.4, -0.2) is 6.16 Å². The second-order valence-corrected chi connectivity index (χ2v) is 8.93. The minimum absolute atomic E-state index is 0. The summed E-state index contributed by atoms with van der Waals surface area (Å²) in [4.78, 5) is 0. The van der Waals surface area contributed by atoms with Crippen LogP contribution in [0.3, 0.4) is 0 Å². The molecule has 3 N–H and O–H groups in total. The maximum atomic E-state index is 2.32. The molecule has 0 saturated heterocycles. The standard InChI is InChI=1S/C20H20P.ClH.H3N/c1-2-21(18-12-6-3-7-13-18,19-14-8-4-9-15-19)20-16-10-5-11-17-20;;/h3-17H,2H2,1H3;1H;1H3/q+1;;. The molecule has 0 bridgehead atoms. The molecule has 0 atom stereocenters. The molecule has 0 aliphatic heterocycles. The molecule has 0 amide bonds. The summed E-state index contributed by atoms with van der Waals surface area (Å²) in [6.07, 6.45) is 1.14. The third kappa shape index (κ3) is 3.64. The van der Waals surface area contributed by atoms with Gasteiger partial charge in [0, 0.05) is 0 Å². The molecule has 0 unspecified atom stereocenters. The first kappa shape index (κ1) is 19.4. The van der Waals surface area contributed by atoms with E-state index in [4.69, 9.17) is 0 Å². The summed E-state index contributed by atoms with van der Waals surface area (Å²) in [6.45, 7) is 2.32. The first-order valence-electron chi connectivity index (χ1n) is 7.43. The number of halogens is 1. The van der Waals surface area contributed by atoms with Gasteiger partial charge in [0.15, 0.2) is 0 Å². The topological polar surface area (TPSA) is 35.0 Å². The first-order valence-corrected chi connectivity index (χ1v) is 9.40. The smallest absolute Gasteiger partial charge is 0.111 e. The molecule has 0 spiro atoms. The van der Waals surface area contributed by atoms with E-state index in [1.807, 2.05) is 0 Å². The van der Waals surface area contributed by atoms with E-state index < -0.39 is 7.26 Å². The monoisotopic (exact) mass is 344 g/mol. The van der Waals surface area contributed by atoms with Crippen LogP contribution in [0.5, 0.6) is 0 Å². The summed E-state index contributed by atoms with van der Waals surface area (Å²) in [5.74, 6) is 0. The van der Waals surface area contributed by atoms with Crippen molar-refractivity contribution in [1.29, 1.82) is 0 Å². The molecule has 0 fully saturated rings. The molecule has 23 heavy (non-hydrogen) atoms. The Labute approximate surface area is 146 Å². The highest BCUT2D eigenvalue weighted by molar-refractivity contribution is 7.95. The van der Waals surface area contributed by atoms with Gasteiger partial charge in [0.2, 0.25) is 0 Å². The summed E-state index contributed by atoms with van der Waals surface area (Å²) in [5.41, 5.74) is 0. The molecule has 3 aromatic carbocycles. The Hall–Kier alpha value is -1.66. The van der Waals surface area contributed by atoms with Crippen LogP contribution in [0.4, 0.5) is 0 Å². The van der Waals surface area contributed by atoms with Crippen LogP contribution in [0.25, 0.3) is 0 Å². The summed E-state index contributed by atoms with van der Waals surface area (Å²) in [6, 6.07) is 33.0. The van der Waals surface area contributed by atoms with Gasteiger partial charge >= 0.3 is 0 Å². The highest BCUT2D eigenvalue weighted by Gasteiger charge is 2.43. The summed E-state index contributed by atoms with van der Waals surface area (Å²) < 4.78 is 0. The molecule has 1 nitrogen and oxygen atoms in total. The molecule has 120 valence electrons. The van der Waals surface area contributed by atoms with Crippen molar-refractivity contribution in [3.8, 4) is 0 Å². The highest BCUT2D eigenvalue weighted by Crippen LogP contribution is 2.54. The lowest BCUT2D eigenvalue weighted by molar-refractivity contribution is 1.48. The number of rotatable bonds is 4. The van der Waals surface area contributed by atoms with E-state index in [9.17, 15) is 0 Å². The van der Waals surface area contributed by atoms with Crippen LogP contribution in [0, 0.1) is 0 Å². The van der Waals surface area contributed by atoms with Crippen molar-refractivity contribution >= 4 is 35.6 Å². The quantitative estimate of drug-likeness (QED) is 0.690. The summed E-state index contributed by atoms with van der Waals surface area (Å²) in [7, 11) is -1.53. The van der Waals surface area contributed by atoms with Crippen LogP contribution in [0.2, 0.25) is 0 Å². The van der Waals surface area contributed by atoms with Crippen molar-refractivity contribution in [2.24, 2.45) is 0 Å². The lowest BCUT2D eigenvalue weighted by Crippen LogP contribution is -2.32. The van der Waals surface area contributed by atoms with Gasteiger partial charge in [-0.15, -0.1) is 12.4 Å². The molecule has 0 aromatic heterocycles. The lowest BCUT2D eigenvalue weighted by atomic mass is 10.4. The van der Waals surface area contributed by atoms with Gasteiger partial charge in [0.1, 0.15) is 23.2 Å². The number of hydrogen-bond acceptors (Lipinski definition) is 1. The fourth-order valence-corrected chi connectivity index (χ4v) is 7.08. The Morgan fingerprint density at radius 2 is 0.826 bits per heavy atom. The van der Waals surface area contributed by atoms with Gasteiger partial charge in [-0.3, -0.25) is 0 Å². The van der Waals surface area contributed by atoms with Crippen molar-refractivity contribution in [1.82, 2.24) is 6.15 Å². The van der Waals surface area contributed by atoms with Gasteiger partial charge in [-0.05, 0) is 43.3 Å². The van der Waals surface area contributed by atoms with Gasteiger partial charge in [-0.1, -0.05) is 54.6 Å². The Bertz CT molecular complexity index is 590. The van der Waals surface area contributed by atoms with Crippen molar-refractivity contribution in [3.63, 3.8) is 0 Å². The Morgan fingerprint density at radius 3 is 1.04 bits per heavy atom. The zero-order valence-electron chi connectivity index (χ0n) is 13.4. The zero-order chi connectivity index (χ0) is 14.5. The van der Waals surface area contributed by atoms with E-state index in [2.05, 4.69) is 97.9 Å². The molecule has 3 aromatic rings. The van der Waals surface area contributed by atoms with Crippen molar-refractivity contribution < 1.29 is 0 Å². The highest BCUT2D eigenvalue weighted by atomic mass is 35.5. The van der Waals surface area contributed by atoms with Gasteiger partial charge < -0.3 is 6.15 Å². The fourth-order valence-electron chi connectivity index (χ4n) is 3.04. The molecule has 0 heterocycles. The Kier molecular flexibility index (Phi) is 7.45. The minimum atomic E-state index is -1.53. The predicted molar refractivity (Wildman–Crippen MR) is 108 cm³/mol. The molecule has 0 aliphatic carbocycles. The minimum Gasteiger partial charge on any atom is -0.344 e. The third-order valence-electron chi connectivity index (χ3n) is 4.07. The average Bonchev–Trinajstić information content (AvgIpc) is 2.59. The Balaban J connectivity index is 0.00000132. The Morgan fingerprint density at radius 1 is 0.565 bits per heavy atom.